The van der Waals surface area contributed by atoms with Gasteiger partial charge in [0.15, 0.2) is 0 Å². The number of benzene rings is 1. The second-order valence-corrected chi connectivity index (χ2v) is 5.52. The van der Waals surface area contributed by atoms with Gasteiger partial charge < -0.3 is 10.5 Å². The number of rotatable bonds is 4. The first-order valence-corrected chi connectivity index (χ1v) is 7.08. The highest BCUT2D eigenvalue weighted by atomic mass is 32.2. The van der Waals surface area contributed by atoms with Gasteiger partial charge in [-0.05, 0) is 18.2 Å². The van der Waals surface area contributed by atoms with Crippen molar-refractivity contribution < 1.29 is 22.3 Å². The summed E-state index contributed by atoms with van der Waals surface area (Å²) in [5.41, 5.74) is 4.65. The average molecular weight is 311 g/mol. The minimum Gasteiger partial charge on any atom is -0.438 e. The van der Waals surface area contributed by atoms with Gasteiger partial charge in [0.25, 0.3) is 5.91 Å². The standard InChI is InChI=1S/C12H10FN3O4S/c13-8-2-1-3-9(11(8)12(14)17)20-10-5-4-7(6-16-10)21(15,18)19/h1-6H,(H2,14,17)(H2,15,18,19). The maximum absolute atomic E-state index is 13.5. The van der Waals surface area contributed by atoms with E-state index >= 15 is 0 Å². The van der Waals surface area contributed by atoms with Crippen molar-refractivity contribution in [2.45, 2.75) is 4.90 Å². The molecule has 1 heterocycles. The topological polar surface area (TPSA) is 125 Å². The fraction of sp³-hybridized carbons (Fsp3) is 0. The molecule has 1 aromatic carbocycles. The fourth-order valence-corrected chi connectivity index (χ4v) is 1.99. The Kier molecular flexibility index (Phi) is 3.87. The van der Waals surface area contributed by atoms with E-state index < -0.39 is 27.3 Å². The first kappa shape index (κ1) is 14.9. The number of halogens is 1. The molecular formula is C12H10FN3O4S. The van der Waals surface area contributed by atoms with E-state index in [2.05, 4.69) is 4.98 Å². The minimum atomic E-state index is -3.87. The Labute approximate surface area is 119 Å². The van der Waals surface area contributed by atoms with E-state index in [9.17, 15) is 17.6 Å². The summed E-state index contributed by atoms with van der Waals surface area (Å²) in [7, 11) is -3.87. The number of carbonyl (C=O) groups is 1. The number of primary amides is 1. The highest BCUT2D eigenvalue weighted by Gasteiger charge is 2.16. The quantitative estimate of drug-likeness (QED) is 0.862. The number of ether oxygens (including phenoxy) is 1. The van der Waals surface area contributed by atoms with Crippen LogP contribution in [0.25, 0.3) is 0 Å². The molecule has 0 atom stereocenters. The SMILES string of the molecule is NC(=O)c1c(F)cccc1Oc1ccc(S(N)(=O)=O)cn1. The zero-order chi connectivity index (χ0) is 15.6. The molecule has 4 N–H and O–H groups in total. The molecule has 2 aromatic rings. The molecule has 0 aliphatic rings. The van der Waals surface area contributed by atoms with E-state index in [1.165, 1.54) is 24.3 Å². The highest BCUT2D eigenvalue weighted by molar-refractivity contribution is 7.89. The van der Waals surface area contributed by atoms with Crippen LogP contribution in [-0.2, 0) is 10.0 Å². The molecule has 21 heavy (non-hydrogen) atoms. The number of amides is 1. The van der Waals surface area contributed by atoms with Crippen LogP contribution in [0.15, 0.2) is 41.4 Å². The van der Waals surface area contributed by atoms with Crippen LogP contribution in [0.2, 0.25) is 0 Å². The molecule has 9 heteroatoms. The number of hydrogen-bond acceptors (Lipinski definition) is 5. The van der Waals surface area contributed by atoms with Crippen LogP contribution >= 0.6 is 0 Å². The Morgan fingerprint density at radius 1 is 1.24 bits per heavy atom. The molecule has 7 nitrogen and oxygen atoms in total. The first-order chi connectivity index (χ1) is 9.79. The van der Waals surface area contributed by atoms with Gasteiger partial charge in [-0.15, -0.1) is 0 Å². The molecule has 0 radical (unpaired) electrons. The predicted molar refractivity (Wildman–Crippen MR) is 70.6 cm³/mol. The minimum absolute atomic E-state index is 0.0458. The van der Waals surface area contributed by atoms with Crippen molar-refractivity contribution >= 4 is 15.9 Å². The van der Waals surface area contributed by atoms with Gasteiger partial charge in [-0.1, -0.05) is 6.07 Å². The van der Waals surface area contributed by atoms with Crippen LogP contribution in [0.5, 0.6) is 11.6 Å². The molecule has 0 saturated heterocycles. The van der Waals surface area contributed by atoms with Crippen LogP contribution in [0.3, 0.4) is 0 Å². The summed E-state index contributed by atoms with van der Waals surface area (Å²) < 4.78 is 40.9. The number of pyridine rings is 1. The number of aromatic nitrogens is 1. The van der Waals surface area contributed by atoms with Crippen LogP contribution < -0.4 is 15.6 Å². The maximum atomic E-state index is 13.5. The molecule has 0 aliphatic heterocycles. The van der Waals surface area contributed by atoms with Gasteiger partial charge in [0.2, 0.25) is 15.9 Å². The van der Waals surface area contributed by atoms with Crippen molar-refractivity contribution in [1.29, 1.82) is 0 Å². The summed E-state index contributed by atoms with van der Waals surface area (Å²) in [6.45, 7) is 0. The lowest BCUT2D eigenvalue weighted by molar-refractivity contribution is 0.0994. The van der Waals surface area contributed by atoms with Gasteiger partial charge in [-0.3, -0.25) is 4.79 Å². The molecule has 0 bridgehead atoms. The lowest BCUT2D eigenvalue weighted by Gasteiger charge is -2.09. The summed E-state index contributed by atoms with van der Waals surface area (Å²) in [5.74, 6) is -2.00. The summed E-state index contributed by atoms with van der Waals surface area (Å²) in [4.78, 5) is 14.7. The first-order valence-electron chi connectivity index (χ1n) is 5.54. The Morgan fingerprint density at radius 2 is 1.95 bits per heavy atom. The molecule has 0 spiro atoms. The molecule has 0 saturated carbocycles. The van der Waals surface area contributed by atoms with Gasteiger partial charge in [0.05, 0.1) is 6.20 Å². The Hall–Kier alpha value is -2.52. The summed E-state index contributed by atoms with van der Waals surface area (Å²) in [5, 5.41) is 4.92. The van der Waals surface area contributed by atoms with E-state index in [0.29, 0.717) is 0 Å². The molecule has 1 aromatic heterocycles. The largest absolute Gasteiger partial charge is 0.438 e. The van der Waals surface area contributed by atoms with Crippen molar-refractivity contribution in [2.24, 2.45) is 10.9 Å². The van der Waals surface area contributed by atoms with E-state index in [4.69, 9.17) is 15.6 Å². The van der Waals surface area contributed by atoms with E-state index in [0.717, 1.165) is 12.3 Å². The average Bonchev–Trinajstić information content (AvgIpc) is 2.38. The molecule has 1 amide bonds. The molecule has 110 valence electrons. The van der Waals surface area contributed by atoms with Crippen molar-refractivity contribution in [2.75, 3.05) is 0 Å². The number of nitrogens with zero attached hydrogens (tertiary/aromatic N) is 1. The third kappa shape index (κ3) is 3.33. The zero-order valence-corrected chi connectivity index (χ0v) is 11.3. The predicted octanol–water partition coefficient (Wildman–Crippen LogP) is 0.759. The van der Waals surface area contributed by atoms with Gasteiger partial charge >= 0.3 is 0 Å². The van der Waals surface area contributed by atoms with Crippen LogP contribution in [-0.4, -0.2) is 19.3 Å². The summed E-state index contributed by atoms with van der Waals surface area (Å²) >= 11 is 0. The molecular weight excluding hydrogens is 301 g/mol. The lowest BCUT2D eigenvalue weighted by atomic mass is 10.2. The normalized spacial score (nSPS) is 11.1. The van der Waals surface area contributed by atoms with Crippen molar-refractivity contribution in [3.05, 3.63) is 47.9 Å². The summed E-state index contributed by atoms with van der Waals surface area (Å²) in [6.07, 6.45) is 0.980. The summed E-state index contributed by atoms with van der Waals surface area (Å²) in [6, 6.07) is 6.11. The smallest absolute Gasteiger partial charge is 0.255 e. The van der Waals surface area contributed by atoms with Crippen LogP contribution in [0.4, 0.5) is 4.39 Å². The second kappa shape index (κ2) is 5.46. The number of hydrogen-bond donors (Lipinski definition) is 2. The lowest BCUT2D eigenvalue weighted by Crippen LogP contribution is -2.14. The Morgan fingerprint density at radius 3 is 2.48 bits per heavy atom. The van der Waals surface area contributed by atoms with Gasteiger partial charge in [-0.2, -0.15) is 0 Å². The Bertz CT molecular complexity index is 791. The van der Waals surface area contributed by atoms with Gasteiger partial charge in [0.1, 0.15) is 22.0 Å². The van der Waals surface area contributed by atoms with E-state index in [1.807, 2.05) is 0 Å². The Balaban J connectivity index is 2.35. The van der Waals surface area contributed by atoms with E-state index in [-0.39, 0.29) is 16.5 Å². The fourth-order valence-electron chi connectivity index (χ4n) is 1.54. The number of sulfonamides is 1. The van der Waals surface area contributed by atoms with E-state index in [1.54, 1.807) is 0 Å². The zero-order valence-electron chi connectivity index (χ0n) is 10.5. The number of carbonyl (C=O) groups excluding carboxylic acids is 1. The number of nitrogens with two attached hydrogens (primary N) is 2. The molecule has 2 rings (SSSR count). The third-order valence-electron chi connectivity index (χ3n) is 2.47. The van der Waals surface area contributed by atoms with Crippen LogP contribution in [0, 0.1) is 5.82 Å². The maximum Gasteiger partial charge on any atom is 0.255 e. The molecule has 0 unspecified atom stereocenters. The van der Waals surface area contributed by atoms with Gasteiger partial charge in [0, 0.05) is 6.07 Å². The molecule has 0 fully saturated rings. The second-order valence-electron chi connectivity index (χ2n) is 3.96. The molecule has 0 aliphatic carbocycles. The highest BCUT2D eigenvalue weighted by Crippen LogP contribution is 2.26. The van der Waals surface area contributed by atoms with Crippen LogP contribution in [0.1, 0.15) is 10.4 Å². The van der Waals surface area contributed by atoms with Crippen molar-refractivity contribution in [3.8, 4) is 11.6 Å². The van der Waals surface area contributed by atoms with Crippen molar-refractivity contribution in [3.63, 3.8) is 0 Å². The number of primary sulfonamides is 1. The monoisotopic (exact) mass is 311 g/mol. The van der Waals surface area contributed by atoms with Crippen molar-refractivity contribution in [1.82, 2.24) is 4.98 Å². The van der Waals surface area contributed by atoms with Gasteiger partial charge in [-0.25, -0.2) is 22.9 Å². The third-order valence-corrected chi connectivity index (χ3v) is 3.37.